The lowest BCUT2D eigenvalue weighted by atomic mass is 9.86. The summed E-state index contributed by atoms with van der Waals surface area (Å²) in [6, 6.07) is 0.396. The maximum atomic E-state index is 10.5. The van der Waals surface area contributed by atoms with E-state index in [0.29, 0.717) is 36.1 Å². The molecule has 0 radical (unpaired) electrons. The summed E-state index contributed by atoms with van der Waals surface area (Å²) in [5.74, 6) is 0.739. The van der Waals surface area contributed by atoms with Crippen molar-refractivity contribution in [3.63, 3.8) is 0 Å². The van der Waals surface area contributed by atoms with E-state index in [0.717, 1.165) is 12.8 Å². The van der Waals surface area contributed by atoms with Gasteiger partial charge in [0, 0.05) is 12.5 Å². The monoisotopic (exact) mass is 348 g/mol. The Kier molecular flexibility index (Phi) is 3.20. The molecule has 134 valence electrons. The molecule has 3 fully saturated rings. The quantitative estimate of drug-likeness (QED) is 0.569. The van der Waals surface area contributed by atoms with Gasteiger partial charge in [-0.1, -0.05) is 0 Å². The van der Waals surface area contributed by atoms with Crippen molar-refractivity contribution in [2.45, 2.75) is 49.3 Å². The van der Waals surface area contributed by atoms with Gasteiger partial charge in [0.2, 0.25) is 5.95 Å². The molecule has 10 heteroatoms. The van der Waals surface area contributed by atoms with Gasteiger partial charge in [-0.3, -0.25) is 4.57 Å². The summed E-state index contributed by atoms with van der Waals surface area (Å²) in [6.45, 7) is 0.244. The molecule has 10 nitrogen and oxygen atoms in total. The summed E-state index contributed by atoms with van der Waals surface area (Å²) in [4.78, 5) is 13.0. The second-order valence-corrected chi connectivity index (χ2v) is 6.88. The zero-order valence-corrected chi connectivity index (χ0v) is 13.5. The molecule has 0 aromatic carbocycles. The van der Waals surface area contributed by atoms with Crippen LogP contribution in [0.15, 0.2) is 6.33 Å². The minimum Gasteiger partial charge on any atom is -0.394 e. The number of anilines is 2. The number of aliphatic hydroxyl groups excluding tert-OH is 2. The molecule has 4 atom stereocenters. The lowest BCUT2D eigenvalue weighted by Gasteiger charge is -2.44. The standard InChI is InChI=1S/C15H20N6O4/c16-14-19-11(18-7-1-2-7)9-12(20-14)21(6-17-9)13-15(3-4-24-15)10(23)8(5-22)25-13/h6-8,10,13,22-23H,1-5H2,(H3,16,18,19,20)/t8-,10-,13-,15-/m1/s1. The highest BCUT2D eigenvalue weighted by Gasteiger charge is 2.61. The number of hydrogen-bond acceptors (Lipinski definition) is 9. The molecule has 0 bridgehead atoms. The number of fused-ring (bicyclic) bond motifs is 1. The number of rotatable bonds is 4. The Morgan fingerprint density at radius 2 is 2.20 bits per heavy atom. The zero-order valence-electron chi connectivity index (χ0n) is 13.5. The van der Waals surface area contributed by atoms with Crippen LogP contribution in [0.3, 0.4) is 0 Å². The van der Waals surface area contributed by atoms with E-state index in [1.807, 2.05) is 0 Å². The molecular formula is C15H20N6O4. The predicted molar refractivity (Wildman–Crippen MR) is 86.7 cm³/mol. The number of aliphatic hydroxyl groups is 2. The summed E-state index contributed by atoms with van der Waals surface area (Å²) >= 11 is 0. The molecule has 4 heterocycles. The third-order valence-corrected chi connectivity index (χ3v) is 5.23. The molecular weight excluding hydrogens is 328 g/mol. The minimum atomic E-state index is -0.919. The van der Waals surface area contributed by atoms with Gasteiger partial charge in [-0.2, -0.15) is 9.97 Å². The zero-order chi connectivity index (χ0) is 17.2. The van der Waals surface area contributed by atoms with Crippen molar-refractivity contribution in [1.29, 1.82) is 0 Å². The first-order valence-electron chi connectivity index (χ1n) is 8.47. The Hall–Kier alpha value is -2.01. The summed E-state index contributed by atoms with van der Waals surface area (Å²) < 4.78 is 13.3. The number of nitrogens with two attached hydrogens (primary N) is 1. The van der Waals surface area contributed by atoms with E-state index in [-0.39, 0.29) is 12.6 Å². The highest BCUT2D eigenvalue weighted by molar-refractivity contribution is 5.84. The Bertz CT molecular complexity index is 818. The van der Waals surface area contributed by atoms with Crippen molar-refractivity contribution in [2.24, 2.45) is 0 Å². The fraction of sp³-hybridized carbons (Fsp3) is 0.667. The summed E-state index contributed by atoms with van der Waals surface area (Å²) in [6.07, 6.45) is 2.14. The lowest BCUT2D eigenvalue weighted by Crippen LogP contribution is -2.56. The summed E-state index contributed by atoms with van der Waals surface area (Å²) in [7, 11) is 0. The summed E-state index contributed by atoms with van der Waals surface area (Å²) in [5, 5.41) is 23.3. The number of hydrogen-bond donors (Lipinski definition) is 4. The van der Waals surface area contributed by atoms with Gasteiger partial charge in [0.25, 0.3) is 0 Å². The minimum absolute atomic E-state index is 0.137. The van der Waals surface area contributed by atoms with Crippen LogP contribution in [0.1, 0.15) is 25.5 Å². The van der Waals surface area contributed by atoms with Crippen LogP contribution < -0.4 is 11.1 Å². The van der Waals surface area contributed by atoms with E-state index >= 15 is 0 Å². The molecule has 5 N–H and O–H groups in total. The fourth-order valence-corrected chi connectivity index (χ4v) is 3.65. The van der Waals surface area contributed by atoms with E-state index in [2.05, 4.69) is 20.3 Å². The second-order valence-electron chi connectivity index (χ2n) is 6.88. The number of nitrogens with one attached hydrogen (secondary N) is 1. The van der Waals surface area contributed by atoms with Crippen LogP contribution in [0.5, 0.6) is 0 Å². The third kappa shape index (κ3) is 2.15. The van der Waals surface area contributed by atoms with Crippen molar-refractivity contribution in [1.82, 2.24) is 19.5 Å². The normalized spacial score (nSPS) is 34.6. The van der Waals surface area contributed by atoms with Crippen LogP contribution in [-0.2, 0) is 9.47 Å². The second kappa shape index (κ2) is 5.24. The van der Waals surface area contributed by atoms with Gasteiger partial charge in [-0.05, 0) is 12.8 Å². The molecule has 0 unspecified atom stereocenters. The third-order valence-electron chi connectivity index (χ3n) is 5.23. The Morgan fingerprint density at radius 1 is 1.40 bits per heavy atom. The van der Waals surface area contributed by atoms with Crippen LogP contribution >= 0.6 is 0 Å². The SMILES string of the molecule is Nc1nc(NC2CC2)c2ncn([C@@H]3O[C@H](CO)[C@@H](O)[C@]34CCO4)c2n1. The Morgan fingerprint density at radius 3 is 2.84 bits per heavy atom. The van der Waals surface area contributed by atoms with Crippen LogP contribution in [0, 0.1) is 0 Å². The van der Waals surface area contributed by atoms with Crippen LogP contribution in [0.4, 0.5) is 11.8 Å². The topological polar surface area (TPSA) is 141 Å². The molecule has 2 aromatic heterocycles. The largest absolute Gasteiger partial charge is 0.394 e. The predicted octanol–water partition coefficient (Wildman–Crippen LogP) is -0.608. The number of imidazole rings is 1. The van der Waals surface area contributed by atoms with E-state index in [9.17, 15) is 10.2 Å². The molecule has 0 amide bonds. The molecule has 2 aromatic rings. The van der Waals surface area contributed by atoms with Crippen LogP contribution in [-0.4, -0.2) is 66.8 Å². The Labute approximate surface area is 143 Å². The first-order valence-corrected chi connectivity index (χ1v) is 8.47. The van der Waals surface area contributed by atoms with Gasteiger partial charge in [0.05, 0.1) is 19.5 Å². The van der Waals surface area contributed by atoms with Gasteiger partial charge in [-0.15, -0.1) is 0 Å². The van der Waals surface area contributed by atoms with Crippen molar-refractivity contribution in [3.05, 3.63) is 6.33 Å². The maximum absolute atomic E-state index is 10.5. The van der Waals surface area contributed by atoms with Gasteiger partial charge in [0.15, 0.2) is 23.2 Å². The smallest absolute Gasteiger partial charge is 0.224 e. The molecule has 1 saturated carbocycles. The highest BCUT2D eigenvalue weighted by Crippen LogP contribution is 2.49. The van der Waals surface area contributed by atoms with Gasteiger partial charge >= 0.3 is 0 Å². The molecule has 2 aliphatic heterocycles. The van der Waals surface area contributed by atoms with Crippen molar-refractivity contribution >= 4 is 22.9 Å². The highest BCUT2D eigenvalue weighted by atomic mass is 16.6. The fourth-order valence-electron chi connectivity index (χ4n) is 3.65. The number of ether oxygens (including phenoxy) is 2. The first kappa shape index (κ1) is 15.3. The van der Waals surface area contributed by atoms with E-state index in [1.54, 1.807) is 10.9 Å². The van der Waals surface area contributed by atoms with Gasteiger partial charge < -0.3 is 30.7 Å². The number of nitrogen functional groups attached to an aromatic ring is 1. The van der Waals surface area contributed by atoms with Crippen molar-refractivity contribution in [2.75, 3.05) is 24.3 Å². The molecule has 3 aliphatic rings. The van der Waals surface area contributed by atoms with E-state index in [4.69, 9.17) is 15.2 Å². The average Bonchev–Trinajstić information content (AvgIpc) is 3.17. The van der Waals surface area contributed by atoms with Crippen LogP contribution in [0.25, 0.3) is 11.2 Å². The molecule has 1 spiro atoms. The molecule has 25 heavy (non-hydrogen) atoms. The number of nitrogens with zero attached hydrogens (tertiary/aromatic N) is 4. The summed E-state index contributed by atoms with van der Waals surface area (Å²) in [5.41, 5.74) is 6.09. The first-order chi connectivity index (χ1) is 12.1. The van der Waals surface area contributed by atoms with Gasteiger partial charge in [0.1, 0.15) is 17.8 Å². The number of aromatic nitrogens is 4. The molecule has 5 rings (SSSR count). The van der Waals surface area contributed by atoms with Crippen LogP contribution in [0.2, 0.25) is 0 Å². The Balaban J connectivity index is 1.59. The van der Waals surface area contributed by atoms with Crippen molar-refractivity contribution < 1.29 is 19.7 Å². The average molecular weight is 348 g/mol. The molecule has 1 aliphatic carbocycles. The van der Waals surface area contributed by atoms with Gasteiger partial charge in [-0.25, -0.2) is 4.98 Å². The van der Waals surface area contributed by atoms with Crippen molar-refractivity contribution in [3.8, 4) is 0 Å². The lowest BCUT2D eigenvalue weighted by molar-refractivity contribution is -0.225. The maximum Gasteiger partial charge on any atom is 0.224 e. The van der Waals surface area contributed by atoms with E-state index < -0.39 is 24.0 Å². The molecule has 2 saturated heterocycles. The van der Waals surface area contributed by atoms with E-state index in [1.165, 1.54) is 0 Å².